The van der Waals surface area contributed by atoms with Gasteiger partial charge in [-0.3, -0.25) is 9.69 Å². The summed E-state index contributed by atoms with van der Waals surface area (Å²) in [6.07, 6.45) is 0. The highest BCUT2D eigenvalue weighted by Crippen LogP contribution is 2.16. The zero-order valence-electron chi connectivity index (χ0n) is 16.8. The van der Waals surface area contributed by atoms with Crippen molar-refractivity contribution < 1.29 is 18.7 Å². The van der Waals surface area contributed by atoms with E-state index in [9.17, 15) is 9.18 Å². The highest BCUT2D eigenvalue weighted by Gasteiger charge is 2.11. The van der Waals surface area contributed by atoms with E-state index in [2.05, 4.69) is 20.5 Å². The zero-order chi connectivity index (χ0) is 20.4. The average Bonchev–Trinajstić information content (AvgIpc) is 2.69. The van der Waals surface area contributed by atoms with Gasteiger partial charge in [0.05, 0.1) is 33.4 Å². The van der Waals surface area contributed by atoms with E-state index in [1.165, 1.54) is 24.1 Å². The number of hydrogen-bond acceptors (Lipinski definition) is 5. The van der Waals surface area contributed by atoms with Crippen LogP contribution in [-0.4, -0.2) is 88.8 Å². The second-order valence-corrected chi connectivity index (χ2v) is 6.69. The molecule has 0 saturated carbocycles. The van der Waals surface area contributed by atoms with Gasteiger partial charge < -0.3 is 25.0 Å². The molecule has 0 bridgehead atoms. The number of benzene rings is 1. The Balaban J connectivity index is 1.96. The van der Waals surface area contributed by atoms with Crippen molar-refractivity contribution in [1.29, 1.82) is 0 Å². The van der Waals surface area contributed by atoms with Gasteiger partial charge in [-0.2, -0.15) is 0 Å². The van der Waals surface area contributed by atoms with Gasteiger partial charge in [-0.1, -0.05) is 0 Å². The van der Waals surface area contributed by atoms with Crippen LogP contribution in [0.5, 0.6) is 5.75 Å². The first-order valence-corrected chi connectivity index (χ1v) is 9.34. The minimum atomic E-state index is -0.373. The van der Waals surface area contributed by atoms with Gasteiger partial charge in [-0.25, -0.2) is 9.38 Å². The molecule has 0 atom stereocenters. The molecule has 9 heteroatoms. The number of halogens is 1. The molecule has 1 aromatic rings. The first-order valence-electron chi connectivity index (χ1n) is 9.34. The number of carbonyl (C=O) groups excluding carboxylic acids is 1. The normalized spacial score (nSPS) is 15.2. The maximum atomic E-state index is 13.7. The number of hydrogen-bond donors (Lipinski definition) is 2. The SMILES string of the molecule is COc1cc(F)cc(CN=C(NCCN2CCOCC2)NCC(=O)N(C)C)c1. The lowest BCUT2D eigenvalue weighted by Gasteiger charge is -2.26. The fraction of sp³-hybridized carbons (Fsp3) is 0.579. The number of nitrogens with zero attached hydrogens (tertiary/aromatic N) is 3. The topological polar surface area (TPSA) is 78.4 Å². The summed E-state index contributed by atoms with van der Waals surface area (Å²) in [5.41, 5.74) is 0.685. The van der Waals surface area contributed by atoms with Crippen LogP contribution >= 0.6 is 0 Å². The molecule has 0 spiro atoms. The molecule has 28 heavy (non-hydrogen) atoms. The maximum Gasteiger partial charge on any atom is 0.241 e. The molecule has 1 fully saturated rings. The first kappa shape index (κ1) is 21.9. The summed E-state index contributed by atoms with van der Waals surface area (Å²) < 4.78 is 24.1. The second kappa shape index (κ2) is 11.5. The van der Waals surface area contributed by atoms with Gasteiger partial charge in [0, 0.05) is 46.3 Å². The summed E-state index contributed by atoms with van der Waals surface area (Å²) in [7, 11) is 4.90. The van der Waals surface area contributed by atoms with Gasteiger partial charge in [-0.15, -0.1) is 0 Å². The smallest absolute Gasteiger partial charge is 0.241 e. The second-order valence-electron chi connectivity index (χ2n) is 6.69. The number of nitrogens with one attached hydrogen (secondary N) is 2. The number of carbonyl (C=O) groups is 1. The van der Waals surface area contributed by atoms with Crippen molar-refractivity contribution in [3.05, 3.63) is 29.6 Å². The Bertz CT molecular complexity index is 663. The minimum Gasteiger partial charge on any atom is -0.497 e. The molecule has 8 nitrogen and oxygen atoms in total. The van der Waals surface area contributed by atoms with Crippen molar-refractivity contribution >= 4 is 11.9 Å². The lowest BCUT2D eigenvalue weighted by molar-refractivity contribution is -0.127. The Labute approximate surface area is 165 Å². The summed E-state index contributed by atoms with van der Waals surface area (Å²) in [6.45, 7) is 5.22. The molecule has 0 radical (unpaired) electrons. The van der Waals surface area contributed by atoms with Gasteiger partial charge in [0.1, 0.15) is 11.6 Å². The number of rotatable bonds is 8. The maximum absolute atomic E-state index is 13.7. The van der Waals surface area contributed by atoms with Crippen LogP contribution in [0, 0.1) is 5.82 Å². The van der Waals surface area contributed by atoms with Crippen LogP contribution < -0.4 is 15.4 Å². The summed E-state index contributed by atoms with van der Waals surface area (Å²) in [5.74, 6) is 0.520. The van der Waals surface area contributed by atoms with Crippen LogP contribution in [0.1, 0.15) is 5.56 Å². The average molecular weight is 395 g/mol. The fourth-order valence-corrected chi connectivity index (χ4v) is 2.65. The Morgan fingerprint density at radius 3 is 2.71 bits per heavy atom. The molecule has 156 valence electrons. The number of methoxy groups -OCH3 is 1. The van der Waals surface area contributed by atoms with Gasteiger partial charge in [-0.05, 0) is 17.7 Å². The van der Waals surface area contributed by atoms with Crippen LogP contribution in [0.3, 0.4) is 0 Å². The van der Waals surface area contributed by atoms with Crippen molar-refractivity contribution in [1.82, 2.24) is 20.4 Å². The van der Waals surface area contributed by atoms with E-state index in [1.54, 1.807) is 20.2 Å². The Hall–Kier alpha value is -2.39. The van der Waals surface area contributed by atoms with Gasteiger partial charge >= 0.3 is 0 Å². The van der Waals surface area contributed by atoms with Crippen molar-refractivity contribution in [2.24, 2.45) is 4.99 Å². The molecule has 1 amide bonds. The highest BCUT2D eigenvalue weighted by atomic mass is 19.1. The molecule has 1 aliphatic rings. The standard InChI is InChI=1S/C19H30FN5O3/c1-24(2)18(26)14-23-19(21-4-5-25-6-8-28-9-7-25)22-13-15-10-16(20)12-17(11-15)27-3/h10-12H,4-9,13-14H2,1-3H3,(H2,21,22,23). The Morgan fingerprint density at radius 1 is 1.29 bits per heavy atom. The number of amides is 1. The van der Waals surface area contributed by atoms with E-state index < -0.39 is 0 Å². The number of guanidine groups is 1. The molecule has 0 unspecified atom stereocenters. The van der Waals surface area contributed by atoms with Crippen LogP contribution in [-0.2, 0) is 16.1 Å². The first-order chi connectivity index (χ1) is 13.5. The van der Waals surface area contributed by atoms with Crippen LogP contribution in [0.2, 0.25) is 0 Å². The van der Waals surface area contributed by atoms with E-state index in [1.807, 2.05) is 0 Å². The lowest BCUT2D eigenvalue weighted by Crippen LogP contribution is -2.46. The van der Waals surface area contributed by atoms with Crippen molar-refractivity contribution in [2.45, 2.75) is 6.54 Å². The number of aliphatic imine (C=N–C) groups is 1. The molecule has 0 aliphatic carbocycles. The number of likely N-dealkylation sites (N-methyl/N-ethyl adjacent to an activating group) is 1. The number of ether oxygens (including phenoxy) is 2. The monoisotopic (exact) mass is 395 g/mol. The van der Waals surface area contributed by atoms with Crippen LogP contribution in [0.25, 0.3) is 0 Å². The van der Waals surface area contributed by atoms with Crippen molar-refractivity contribution in [3.8, 4) is 5.75 Å². The molecule has 2 rings (SSSR count). The zero-order valence-corrected chi connectivity index (χ0v) is 16.8. The third kappa shape index (κ3) is 7.69. The third-order valence-corrected chi connectivity index (χ3v) is 4.32. The molecule has 1 aliphatic heterocycles. The molecule has 1 heterocycles. The molecule has 2 N–H and O–H groups in total. The van der Waals surface area contributed by atoms with Gasteiger partial charge in [0.15, 0.2) is 5.96 Å². The molecule has 1 aromatic carbocycles. The largest absolute Gasteiger partial charge is 0.497 e. The number of morpholine rings is 1. The van der Waals surface area contributed by atoms with E-state index in [-0.39, 0.29) is 24.8 Å². The summed E-state index contributed by atoms with van der Waals surface area (Å²) in [5, 5.41) is 6.27. The van der Waals surface area contributed by atoms with E-state index in [4.69, 9.17) is 9.47 Å². The fourth-order valence-electron chi connectivity index (χ4n) is 2.65. The highest BCUT2D eigenvalue weighted by molar-refractivity contribution is 5.86. The molecular weight excluding hydrogens is 365 g/mol. The molecule has 0 aromatic heterocycles. The lowest BCUT2D eigenvalue weighted by atomic mass is 10.2. The third-order valence-electron chi connectivity index (χ3n) is 4.32. The van der Waals surface area contributed by atoms with E-state index in [0.29, 0.717) is 23.8 Å². The predicted octanol–water partition coefficient (Wildman–Crippen LogP) is 0.290. The Morgan fingerprint density at radius 2 is 2.04 bits per heavy atom. The summed E-state index contributed by atoms with van der Waals surface area (Å²) >= 11 is 0. The van der Waals surface area contributed by atoms with E-state index >= 15 is 0 Å². The van der Waals surface area contributed by atoms with Crippen LogP contribution in [0.15, 0.2) is 23.2 Å². The van der Waals surface area contributed by atoms with Gasteiger partial charge in [0.25, 0.3) is 0 Å². The van der Waals surface area contributed by atoms with Gasteiger partial charge in [0.2, 0.25) is 5.91 Å². The van der Waals surface area contributed by atoms with Crippen molar-refractivity contribution in [3.63, 3.8) is 0 Å². The predicted molar refractivity (Wildman–Crippen MR) is 106 cm³/mol. The van der Waals surface area contributed by atoms with Crippen LogP contribution in [0.4, 0.5) is 4.39 Å². The molecule has 1 saturated heterocycles. The Kier molecular flexibility index (Phi) is 8.96. The minimum absolute atomic E-state index is 0.0601. The van der Waals surface area contributed by atoms with Crippen molar-refractivity contribution in [2.75, 3.05) is 67.1 Å². The summed E-state index contributed by atoms with van der Waals surface area (Å²) in [6, 6.07) is 4.48. The quantitative estimate of drug-likeness (QED) is 0.487. The molecular formula is C19H30FN5O3. The van der Waals surface area contributed by atoms with E-state index in [0.717, 1.165) is 32.8 Å². The summed E-state index contributed by atoms with van der Waals surface area (Å²) in [4.78, 5) is 20.2.